The van der Waals surface area contributed by atoms with Crippen molar-refractivity contribution in [2.45, 2.75) is 44.9 Å². The lowest BCUT2D eigenvalue weighted by atomic mass is 10.1. The Balaban J connectivity index is 1.72. The molecule has 2 aliphatic rings. The van der Waals surface area contributed by atoms with E-state index in [1.165, 1.54) is 0 Å². The number of nitrogens with zero attached hydrogens (tertiary/aromatic N) is 2. The number of nitrogens with one attached hydrogen (secondary N) is 1. The van der Waals surface area contributed by atoms with Gasteiger partial charge in [-0.25, -0.2) is 0 Å². The Hall–Kier alpha value is -0.690. The smallest absolute Gasteiger partial charge is 0.237 e. The SMILES string of the molecule is COCCN1CCN([C@H](C)C(=O)NC[C@@H]2CCCO2)C[C@@H]1C. The quantitative estimate of drug-likeness (QED) is 0.734. The second kappa shape index (κ2) is 8.82. The van der Waals surface area contributed by atoms with E-state index < -0.39 is 0 Å². The highest BCUT2D eigenvalue weighted by molar-refractivity contribution is 5.81. The van der Waals surface area contributed by atoms with Crippen LogP contribution in [0.25, 0.3) is 0 Å². The summed E-state index contributed by atoms with van der Waals surface area (Å²) in [6, 6.07) is 0.380. The molecule has 0 radical (unpaired) electrons. The monoisotopic (exact) mass is 313 g/mol. The van der Waals surface area contributed by atoms with Crippen LogP contribution < -0.4 is 5.32 Å². The molecule has 0 unspecified atom stereocenters. The fourth-order valence-corrected chi connectivity index (χ4v) is 3.25. The van der Waals surface area contributed by atoms with Gasteiger partial charge in [-0.05, 0) is 26.7 Å². The molecular weight excluding hydrogens is 282 g/mol. The zero-order valence-corrected chi connectivity index (χ0v) is 14.2. The zero-order chi connectivity index (χ0) is 15.9. The highest BCUT2D eigenvalue weighted by Crippen LogP contribution is 2.13. The summed E-state index contributed by atoms with van der Waals surface area (Å²) >= 11 is 0. The molecule has 0 bridgehead atoms. The number of amides is 1. The molecule has 2 aliphatic heterocycles. The summed E-state index contributed by atoms with van der Waals surface area (Å²) < 4.78 is 10.7. The van der Waals surface area contributed by atoms with Crippen LogP contribution in [0.4, 0.5) is 0 Å². The molecule has 3 atom stereocenters. The minimum Gasteiger partial charge on any atom is -0.383 e. The standard InChI is InChI=1S/C16H31N3O3/c1-13-12-19(7-6-18(13)8-10-21-3)14(2)16(20)17-11-15-5-4-9-22-15/h13-15H,4-12H2,1-3H3,(H,17,20)/t13-,14+,15-/m0/s1. The second-order valence-corrected chi connectivity index (χ2v) is 6.43. The first-order valence-corrected chi connectivity index (χ1v) is 8.48. The Bertz CT molecular complexity index is 348. The lowest BCUT2D eigenvalue weighted by Gasteiger charge is -2.41. The van der Waals surface area contributed by atoms with E-state index in [-0.39, 0.29) is 18.1 Å². The highest BCUT2D eigenvalue weighted by Gasteiger charge is 2.29. The van der Waals surface area contributed by atoms with Gasteiger partial charge >= 0.3 is 0 Å². The van der Waals surface area contributed by atoms with Gasteiger partial charge in [0, 0.05) is 52.5 Å². The topological polar surface area (TPSA) is 54.0 Å². The van der Waals surface area contributed by atoms with Crippen molar-refractivity contribution in [1.29, 1.82) is 0 Å². The van der Waals surface area contributed by atoms with Crippen LogP contribution in [0.2, 0.25) is 0 Å². The molecule has 0 spiro atoms. The molecule has 0 aromatic heterocycles. The molecular formula is C16H31N3O3. The van der Waals surface area contributed by atoms with Gasteiger partial charge in [0.25, 0.3) is 0 Å². The third-order valence-corrected chi connectivity index (χ3v) is 4.83. The maximum Gasteiger partial charge on any atom is 0.237 e. The summed E-state index contributed by atoms with van der Waals surface area (Å²) in [5, 5.41) is 3.04. The van der Waals surface area contributed by atoms with Gasteiger partial charge in [-0.3, -0.25) is 14.6 Å². The van der Waals surface area contributed by atoms with Gasteiger partial charge in [-0.2, -0.15) is 0 Å². The molecule has 0 saturated carbocycles. The molecule has 2 fully saturated rings. The minimum absolute atomic E-state index is 0.0755. The Kier molecular flexibility index (Phi) is 7.08. The van der Waals surface area contributed by atoms with Crippen molar-refractivity contribution in [2.75, 3.05) is 53.0 Å². The Labute approximate surface area is 134 Å². The van der Waals surface area contributed by atoms with Crippen molar-refractivity contribution >= 4 is 5.91 Å². The van der Waals surface area contributed by atoms with Crippen molar-refractivity contribution in [1.82, 2.24) is 15.1 Å². The number of hydrogen-bond acceptors (Lipinski definition) is 5. The largest absolute Gasteiger partial charge is 0.383 e. The number of rotatable bonds is 7. The van der Waals surface area contributed by atoms with Crippen LogP contribution in [0.1, 0.15) is 26.7 Å². The van der Waals surface area contributed by atoms with E-state index in [0.717, 1.165) is 52.2 Å². The Morgan fingerprint density at radius 3 is 2.91 bits per heavy atom. The second-order valence-electron chi connectivity index (χ2n) is 6.43. The van der Waals surface area contributed by atoms with Crippen LogP contribution >= 0.6 is 0 Å². The van der Waals surface area contributed by atoms with Crippen LogP contribution in [-0.4, -0.2) is 86.9 Å². The maximum atomic E-state index is 12.3. The van der Waals surface area contributed by atoms with Gasteiger partial charge in [0.1, 0.15) is 0 Å². The first kappa shape index (κ1) is 17.7. The van der Waals surface area contributed by atoms with Gasteiger partial charge in [0.2, 0.25) is 5.91 Å². The normalized spacial score (nSPS) is 28.7. The number of carbonyl (C=O) groups is 1. The number of piperazine rings is 1. The van der Waals surface area contributed by atoms with Gasteiger partial charge < -0.3 is 14.8 Å². The van der Waals surface area contributed by atoms with Crippen molar-refractivity contribution in [3.05, 3.63) is 0 Å². The van der Waals surface area contributed by atoms with Crippen LogP contribution in [0.5, 0.6) is 0 Å². The summed E-state index contributed by atoms with van der Waals surface area (Å²) in [6.45, 7) is 10.3. The molecule has 0 aromatic carbocycles. The molecule has 22 heavy (non-hydrogen) atoms. The third kappa shape index (κ3) is 4.91. The molecule has 6 heteroatoms. The highest BCUT2D eigenvalue weighted by atomic mass is 16.5. The van der Waals surface area contributed by atoms with E-state index in [1.807, 2.05) is 6.92 Å². The first-order chi connectivity index (χ1) is 10.6. The number of carbonyl (C=O) groups excluding carboxylic acids is 1. The lowest BCUT2D eigenvalue weighted by molar-refractivity contribution is -0.127. The fraction of sp³-hybridized carbons (Fsp3) is 0.938. The van der Waals surface area contributed by atoms with Gasteiger partial charge in [0.15, 0.2) is 0 Å². The lowest BCUT2D eigenvalue weighted by Crippen LogP contribution is -2.58. The molecule has 1 amide bonds. The Morgan fingerprint density at radius 2 is 2.27 bits per heavy atom. The summed E-state index contributed by atoms with van der Waals surface area (Å²) in [7, 11) is 1.74. The molecule has 0 aromatic rings. The maximum absolute atomic E-state index is 12.3. The minimum atomic E-state index is -0.0755. The van der Waals surface area contributed by atoms with Crippen LogP contribution in [0.3, 0.4) is 0 Å². The molecule has 0 aliphatic carbocycles. The van der Waals surface area contributed by atoms with E-state index in [9.17, 15) is 4.79 Å². The summed E-state index contributed by atoms with van der Waals surface area (Å²) in [6.07, 6.45) is 2.38. The first-order valence-electron chi connectivity index (χ1n) is 8.48. The van der Waals surface area contributed by atoms with Crippen LogP contribution in [0.15, 0.2) is 0 Å². The molecule has 2 heterocycles. The van der Waals surface area contributed by atoms with Crippen molar-refractivity contribution in [2.24, 2.45) is 0 Å². The molecule has 2 saturated heterocycles. The van der Waals surface area contributed by atoms with E-state index in [0.29, 0.717) is 12.6 Å². The number of methoxy groups -OCH3 is 1. The van der Waals surface area contributed by atoms with Gasteiger partial charge in [-0.1, -0.05) is 0 Å². The summed E-state index contributed by atoms with van der Waals surface area (Å²) in [4.78, 5) is 17.0. The predicted octanol–water partition coefficient (Wildman–Crippen LogP) is 0.323. The molecule has 2 rings (SSSR count). The predicted molar refractivity (Wildman–Crippen MR) is 85.9 cm³/mol. The number of hydrogen-bond donors (Lipinski definition) is 1. The van der Waals surface area contributed by atoms with E-state index in [2.05, 4.69) is 22.0 Å². The molecule has 128 valence electrons. The van der Waals surface area contributed by atoms with Crippen molar-refractivity contribution < 1.29 is 14.3 Å². The van der Waals surface area contributed by atoms with Gasteiger partial charge in [0.05, 0.1) is 18.8 Å². The summed E-state index contributed by atoms with van der Waals surface area (Å²) in [5.74, 6) is 0.119. The molecule has 6 nitrogen and oxygen atoms in total. The van der Waals surface area contributed by atoms with Crippen LogP contribution in [0, 0.1) is 0 Å². The van der Waals surface area contributed by atoms with Gasteiger partial charge in [-0.15, -0.1) is 0 Å². The van der Waals surface area contributed by atoms with E-state index in [4.69, 9.17) is 9.47 Å². The van der Waals surface area contributed by atoms with E-state index >= 15 is 0 Å². The average Bonchev–Trinajstić information content (AvgIpc) is 3.04. The van der Waals surface area contributed by atoms with Crippen LogP contribution in [-0.2, 0) is 14.3 Å². The molecule has 1 N–H and O–H groups in total. The van der Waals surface area contributed by atoms with Crippen molar-refractivity contribution in [3.8, 4) is 0 Å². The van der Waals surface area contributed by atoms with Crippen molar-refractivity contribution in [3.63, 3.8) is 0 Å². The fourth-order valence-electron chi connectivity index (χ4n) is 3.25. The number of ether oxygens (including phenoxy) is 2. The summed E-state index contributed by atoms with van der Waals surface area (Å²) in [5.41, 5.74) is 0. The zero-order valence-electron chi connectivity index (χ0n) is 14.2. The Morgan fingerprint density at radius 1 is 1.45 bits per heavy atom. The van der Waals surface area contributed by atoms with E-state index in [1.54, 1.807) is 7.11 Å². The third-order valence-electron chi connectivity index (χ3n) is 4.83. The average molecular weight is 313 g/mol.